The fraction of sp³-hybridized carbons (Fsp3) is 0.464. The molecule has 2 N–H and O–H groups in total. The summed E-state index contributed by atoms with van der Waals surface area (Å²) in [5, 5.41) is 5.61. The Labute approximate surface area is 220 Å². The fourth-order valence-electron chi connectivity index (χ4n) is 3.70. The molecule has 196 valence electrons. The van der Waals surface area contributed by atoms with Crippen LogP contribution in [0.3, 0.4) is 0 Å². The number of carbonyl (C=O) groups excluding carboxylic acids is 3. The number of ether oxygens (including phenoxy) is 1. The van der Waals surface area contributed by atoms with Crippen LogP contribution in [0.15, 0.2) is 54.6 Å². The minimum absolute atomic E-state index is 0.0386. The van der Waals surface area contributed by atoms with Crippen molar-refractivity contribution in [3.8, 4) is 0 Å². The lowest BCUT2D eigenvalue weighted by atomic mass is 9.95. The second kappa shape index (κ2) is 12.3. The van der Waals surface area contributed by atoms with Gasteiger partial charge in [-0.2, -0.15) is 12.6 Å². The summed E-state index contributed by atoms with van der Waals surface area (Å²) in [5.74, 6) is -0.707. The lowest BCUT2D eigenvalue weighted by molar-refractivity contribution is -0.148. The molecule has 0 saturated heterocycles. The van der Waals surface area contributed by atoms with E-state index in [0.717, 1.165) is 11.1 Å². The van der Waals surface area contributed by atoms with E-state index in [9.17, 15) is 14.4 Å². The van der Waals surface area contributed by atoms with Crippen LogP contribution in [0, 0.1) is 6.92 Å². The first-order valence-corrected chi connectivity index (χ1v) is 12.7. The maximum Gasteiger partial charge on any atom is 0.408 e. The largest absolute Gasteiger partial charge is 0.444 e. The average Bonchev–Trinajstić information content (AvgIpc) is 2.78. The number of alkyl carbamates (subject to hydrolysis) is 1. The van der Waals surface area contributed by atoms with E-state index in [4.69, 9.17) is 4.74 Å². The maximum atomic E-state index is 13.9. The molecule has 2 atom stereocenters. The van der Waals surface area contributed by atoms with Crippen LogP contribution in [0.1, 0.15) is 64.3 Å². The summed E-state index contributed by atoms with van der Waals surface area (Å²) < 4.78 is 5.34. The number of thiol groups is 1. The Morgan fingerprint density at radius 3 is 2.03 bits per heavy atom. The molecule has 36 heavy (non-hydrogen) atoms. The molecule has 0 saturated carbocycles. The summed E-state index contributed by atoms with van der Waals surface area (Å²) in [6.45, 7) is 13.1. The highest BCUT2D eigenvalue weighted by Crippen LogP contribution is 2.30. The summed E-state index contributed by atoms with van der Waals surface area (Å²) in [7, 11) is 0. The molecular weight excluding hydrogens is 474 g/mol. The molecule has 0 aliphatic rings. The normalized spacial score (nSPS) is 13.3. The monoisotopic (exact) mass is 513 g/mol. The molecule has 0 aromatic heterocycles. The van der Waals surface area contributed by atoms with Crippen molar-refractivity contribution in [1.29, 1.82) is 0 Å². The summed E-state index contributed by atoms with van der Waals surface area (Å²) in [4.78, 5) is 41.6. The van der Waals surface area contributed by atoms with E-state index in [1.165, 1.54) is 4.90 Å². The first-order chi connectivity index (χ1) is 16.7. The van der Waals surface area contributed by atoms with E-state index in [-0.39, 0.29) is 11.7 Å². The third kappa shape index (κ3) is 8.59. The molecule has 0 heterocycles. The number of amides is 3. The first kappa shape index (κ1) is 29.2. The van der Waals surface area contributed by atoms with Gasteiger partial charge in [0.15, 0.2) is 0 Å². The molecule has 2 aromatic rings. The van der Waals surface area contributed by atoms with Gasteiger partial charge in [0.2, 0.25) is 11.8 Å². The maximum absolute atomic E-state index is 13.9. The number of hydrogen-bond donors (Lipinski definition) is 3. The minimum Gasteiger partial charge on any atom is -0.444 e. The van der Waals surface area contributed by atoms with E-state index in [1.807, 2.05) is 82.3 Å². The minimum atomic E-state index is -0.989. The number of rotatable bonds is 8. The highest BCUT2D eigenvalue weighted by atomic mass is 32.1. The summed E-state index contributed by atoms with van der Waals surface area (Å²) >= 11 is 4.32. The predicted octanol–water partition coefficient (Wildman–Crippen LogP) is 4.80. The van der Waals surface area contributed by atoms with Gasteiger partial charge in [-0.1, -0.05) is 60.2 Å². The Morgan fingerprint density at radius 1 is 0.944 bits per heavy atom. The molecule has 2 aromatic carbocycles. The highest BCUT2D eigenvalue weighted by molar-refractivity contribution is 7.80. The zero-order valence-electron chi connectivity index (χ0n) is 22.3. The molecule has 8 heteroatoms. The second-order valence-electron chi connectivity index (χ2n) is 10.8. The van der Waals surface area contributed by atoms with Crippen molar-refractivity contribution < 1.29 is 19.1 Å². The zero-order valence-corrected chi connectivity index (χ0v) is 23.2. The Bertz CT molecular complexity index is 1030. The fourth-order valence-corrected chi connectivity index (χ4v) is 3.94. The quantitative estimate of drug-likeness (QED) is 0.443. The van der Waals surface area contributed by atoms with Crippen LogP contribution in [0.4, 0.5) is 4.79 Å². The molecule has 2 rings (SSSR count). The summed E-state index contributed by atoms with van der Waals surface area (Å²) in [6.07, 6.45) is -0.718. The van der Waals surface area contributed by atoms with Gasteiger partial charge in [0, 0.05) is 17.8 Å². The predicted molar refractivity (Wildman–Crippen MR) is 146 cm³/mol. The lowest BCUT2D eigenvalue weighted by Gasteiger charge is -2.43. The van der Waals surface area contributed by atoms with Crippen LogP contribution in [0.2, 0.25) is 0 Å². The Morgan fingerprint density at radius 2 is 1.53 bits per heavy atom. The molecular formula is C28H39N3O4S. The first-order valence-electron chi connectivity index (χ1n) is 12.0. The van der Waals surface area contributed by atoms with Crippen molar-refractivity contribution in [3.05, 3.63) is 71.3 Å². The molecule has 3 amide bonds. The van der Waals surface area contributed by atoms with Crippen LogP contribution >= 0.6 is 12.6 Å². The van der Waals surface area contributed by atoms with Gasteiger partial charge in [0.1, 0.15) is 17.7 Å². The van der Waals surface area contributed by atoms with Crippen LogP contribution in [0.5, 0.6) is 0 Å². The van der Waals surface area contributed by atoms with Crippen molar-refractivity contribution in [3.63, 3.8) is 0 Å². The number of benzene rings is 2. The lowest BCUT2D eigenvalue weighted by Crippen LogP contribution is -2.59. The van der Waals surface area contributed by atoms with E-state index in [2.05, 4.69) is 23.3 Å². The Balaban J connectivity index is 2.44. The highest BCUT2D eigenvalue weighted by Gasteiger charge is 2.41. The van der Waals surface area contributed by atoms with Gasteiger partial charge in [-0.15, -0.1) is 0 Å². The Kier molecular flexibility index (Phi) is 9.99. The number of nitrogens with one attached hydrogen (secondary N) is 2. The standard InChI is InChI=1S/C28H39N3O4S/c1-19-13-15-21(16-14-19)23(24(32)29-17-20-11-9-8-10-12-20)31(27(2,3)4)25(33)22(18-36)30-26(34)35-28(5,6)7/h8-16,22-23,36H,17-18H2,1-7H3,(H,29,32)(H,30,34). The SMILES string of the molecule is Cc1ccc(C(C(=O)NCc2ccccc2)N(C(=O)C(CS)NC(=O)OC(C)(C)C)C(C)(C)C)cc1. The van der Waals surface area contributed by atoms with Crippen molar-refractivity contribution in [2.75, 3.05) is 5.75 Å². The molecule has 2 unspecified atom stereocenters. The average molecular weight is 514 g/mol. The van der Waals surface area contributed by atoms with Crippen LogP contribution in [-0.4, -0.2) is 45.7 Å². The van der Waals surface area contributed by atoms with Gasteiger partial charge in [-0.25, -0.2) is 4.79 Å². The molecule has 0 bridgehead atoms. The molecule has 0 radical (unpaired) electrons. The second-order valence-corrected chi connectivity index (χ2v) is 11.1. The topological polar surface area (TPSA) is 87.7 Å². The molecule has 0 fully saturated rings. The van der Waals surface area contributed by atoms with Crippen molar-refractivity contribution in [1.82, 2.24) is 15.5 Å². The number of nitrogens with zero attached hydrogens (tertiary/aromatic N) is 1. The van der Waals surface area contributed by atoms with Crippen LogP contribution < -0.4 is 10.6 Å². The van der Waals surface area contributed by atoms with Gasteiger partial charge < -0.3 is 20.3 Å². The summed E-state index contributed by atoms with van der Waals surface area (Å²) in [5.41, 5.74) is 1.18. The van der Waals surface area contributed by atoms with Gasteiger partial charge in [0.25, 0.3) is 0 Å². The van der Waals surface area contributed by atoms with E-state index < -0.39 is 35.2 Å². The third-order valence-electron chi connectivity index (χ3n) is 5.34. The third-order valence-corrected chi connectivity index (χ3v) is 5.71. The summed E-state index contributed by atoms with van der Waals surface area (Å²) in [6, 6.07) is 15.2. The number of carbonyl (C=O) groups is 3. The smallest absolute Gasteiger partial charge is 0.408 e. The van der Waals surface area contributed by atoms with Crippen LogP contribution in [0.25, 0.3) is 0 Å². The number of aryl methyl sites for hydroxylation is 1. The zero-order chi connectivity index (χ0) is 27.1. The van der Waals surface area contributed by atoms with E-state index in [1.54, 1.807) is 20.8 Å². The van der Waals surface area contributed by atoms with Gasteiger partial charge in [-0.05, 0) is 59.6 Å². The molecule has 0 spiro atoms. The van der Waals surface area contributed by atoms with Gasteiger partial charge >= 0.3 is 6.09 Å². The number of hydrogen-bond acceptors (Lipinski definition) is 5. The Hall–Kier alpha value is -3.00. The van der Waals surface area contributed by atoms with Gasteiger partial charge in [-0.3, -0.25) is 9.59 Å². The molecule has 0 aliphatic heterocycles. The van der Waals surface area contributed by atoms with E-state index in [0.29, 0.717) is 12.1 Å². The van der Waals surface area contributed by atoms with Gasteiger partial charge in [0.05, 0.1) is 0 Å². The molecule has 0 aliphatic carbocycles. The molecule has 7 nitrogen and oxygen atoms in total. The van der Waals surface area contributed by atoms with E-state index >= 15 is 0 Å². The van der Waals surface area contributed by atoms with Crippen LogP contribution in [-0.2, 0) is 20.9 Å². The van der Waals surface area contributed by atoms with Crippen molar-refractivity contribution >= 4 is 30.5 Å². The van der Waals surface area contributed by atoms with Crippen molar-refractivity contribution in [2.45, 2.75) is 78.2 Å². The van der Waals surface area contributed by atoms with Crippen molar-refractivity contribution in [2.24, 2.45) is 0 Å².